The van der Waals surface area contributed by atoms with Gasteiger partial charge in [-0.3, -0.25) is 4.79 Å². The third-order valence-corrected chi connectivity index (χ3v) is 8.90. The lowest BCUT2D eigenvalue weighted by molar-refractivity contribution is 0.112. The minimum absolute atomic E-state index is 0.823. The Hall–Kier alpha value is -1.14. The maximum atomic E-state index is 11.0. The number of fused-ring (bicyclic) bond motifs is 6. The Labute approximate surface area is 143 Å². The quantitative estimate of drug-likeness (QED) is 0.325. The second-order valence-corrected chi connectivity index (χ2v) is 9.94. The first-order valence-corrected chi connectivity index (χ1v) is 10.2. The van der Waals surface area contributed by atoms with Gasteiger partial charge in [0.05, 0.1) is 14.3 Å². The summed E-state index contributed by atoms with van der Waals surface area (Å²) in [6.45, 7) is 2.19. The summed E-state index contributed by atoms with van der Waals surface area (Å²) in [5, 5.41) is 1.31. The van der Waals surface area contributed by atoms with Crippen molar-refractivity contribution in [3.05, 3.63) is 44.5 Å². The molecule has 1 nitrogen and oxygen atoms in total. The van der Waals surface area contributed by atoms with E-state index in [0.717, 1.165) is 17.6 Å². The number of benzene rings is 1. The SMILES string of the molecule is Cc1cc2c(s1)Cc1ccc3c(sc4cc(C=O)sc43)c1S2. The molecular formula is C17H10OS4. The highest BCUT2D eigenvalue weighted by atomic mass is 32.2. The third kappa shape index (κ3) is 1.80. The van der Waals surface area contributed by atoms with Crippen LogP contribution in [0.1, 0.15) is 25.0 Å². The molecule has 0 spiro atoms. The van der Waals surface area contributed by atoms with E-state index < -0.39 is 0 Å². The molecule has 0 unspecified atom stereocenters. The van der Waals surface area contributed by atoms with E-state index in [-0.39, 0.29) is 0 Å². The fraction of sp³-hybridized carbons (Fsp3) is 0.118. The maximum Gasteiger partial charge on any atom is 0.160 e. The summed E-state index contributed by atoms with van der Waals surface area (Å²) in [5.74, 6) is 0. The van der Waals surface area contributed by atoms with E-state index in [1.807, 2.05) is 40.5 Å². The number of hydrogen-bond donors (Lipinski definition) is 0. The molecule has 0 N–H and O–H groups in total. The zero-order valence-corrected chi connectivity index (χ0v) is 14.9. The fourth-order valence-corrected chi connectivity index (χ4v) is 8.03. The van der Waals surface area contributed by atoms with E-state index in [1.165, 1.54) is 44.6 Å². The van der Waals surface area contributed by atoms with Crippen molar-refractivity contribution in [3.8, 4) is 0 Å². The van der Waals surface area contributed by atoms with Crippen molar-refractivity contribution < 1.29 is 4.79 Å². The molecule has 0 atom stereocenters. The minimum atomic E-state index is 0.823. The Bertz CT molecular complexity index is 1060. The van der Waals surface area contributed by atoms with Gasteiger partial charge in [-0.15, -0.1) is 34.0 Å². The lowest BCUT2D eigenvalue weighted by atomic mass is 10.1. The van der Waals surface area contributed by atoms with E-state index in [4.69, 9.17) is 0 Å². The van der Waals surface area contributed by atoms with Gasteiger partial charge in [-0.2, -0.15) is 0 Å². The lowest BCUT2D eigenvalue weighted by Crippen LogP contribution is -1.95. The molecule has 0 fully saturated rings. The average Bonchev–Trinajstić information content (AvgIpc) is 3.14. The molecule has 0 aliphatic carbocycles. The highest BCUT2D eigenvalue weighted by Crippen LogP contribution is 2.50. The molecule has 5 heteroatoms. The van der Waals surface area contributed by atoms with Crippen LogP contribution in [0.2, 0.25) is 0 Å². The summed E-state index contributed by atoms with van der Waals surface area (Å²) in [7, 11) is 0. The molecular weight excluding hydrogens is 348 g/mol. The molecule has 4 heterocycles. The van der Waals surface area contributed by atoms with Gasteiger partial charge >= 0.3 is 0 Å². The average molecular weight is 359 g/mol. The van der Waals surface area contributed by atoms with Crippen LogP contribution in [0, 0.1) is 6.92 Å². The molecule has 0 saturated carbocycles. The predicted octanol–water partition coefficient (Wildman–Crippen LogP) is 6.35. The number of thiophene rings is 3. The van der Waals surface area contributed by atoms with Crippen molar-refractivity contribution in [3.63, 3.8) is 0 Å². The summed E-state index contributed by atoms with van der Waals surface area (Å²) in [6.07, 6.45) is 2.01. The van der Waals surface area contributed by atoms with Gasteiger partial charge in [0.2, 0.25) is 0 Å². The molecule has 3 aromatic heterocycles. The molecule has 4 aromatic rings. The highest BCUT2D eigenvalue weighted by Gasteiger charge is 2.22. The summed E-state index contributed by atoms with van der Waals surface area (Å²) in [4.78, 5) is 17.6. The van der Waals surface area contributed by atoms with Crippen molar-refractivity contribution in [2.24, 2.45) is 0 Å². The van der Waals surface area contributed by atoms with Crippen LogP contribution in [0.3, 0.4) is 0 Å². The molecule has 0 saturated heterocycles. The van der Waals surface area contributed by atoms with E-state index >= 15 is 0 Å². The van der Waals surface area contributed by atoms with Gasteiger partial charge in [-0.1, -0.05) is 23.9 Å². The van der Waals surface area contributed by atoms with Crippen LogP contribution in [0.25, 0.3) is 19.5 Å². The van der Waals surface area contributed by atoms with Crippen LogP contribution in [0.5, 0.6) is 0 Å². The van der Waals surface area contributed by atoms with Crippen molar-refractivity contribution in [2.75, 3.05) is 0 Å². The van der Waals surface area contributed by atoms with Gasteiger partial charge < -0.3 is 0 Å². The zero-order valence-electron chi connectivity index (χ0n) is 11.6. The smallest absolute Gasteiger partial charge is 0.160 e. The Morgan fingerprint density at radius 2 is 2.00 bits per heavy atom. The monoisotopic (exact) mass is 358 g/mol. The van der Waals surface area contributed by atoms with Gasteiger partial charge in [0.1, 0.15) is 0 Å². The van der Waals surface area contributed by atoms with Crippen molar-refractivity contribution >= 4 is 71.5 Å². The van der Waals surface area contributed by atoms with Crippen LogP contribution < -0.4 is 0 Å². The first-order valence-electron chi connectivity index (χ1n) is 6.93. The minimum Gasteiger partial charge on any atom is -0.297 e. The number of rotatable bonds is 1. The Kier molecular flexibility index (Phi) is 2.83. The van der Waals surface area contributed by atoms with Gasteiger partial charge in [0, 0.05) is 36.1 Å². The summed E-state index contributed by atoms with van der Waals surface area (Å²) in [5.41, 5.74) is 1.44. The highest BCUT2D eigenvalue weighted by molar-refractivity contribution is 8.00. The van der Waals surface area contributed by atoms with Gasteiger partial charge in [-0.25, -0.2) is 0 Å². The first-order chi connectivity index (χ1) is 10.7. The Morgan fingerprint density at radius 1 is 1.09 bits per heavy atom. The number of carbonyl (C=O) groups is 1. The van der Waals surface area contributed by atoms with Crippen molar-refractivity contribution in [1.29, 1.82) is 0 Å². The largest absolute Gasteiger partial charge is 0.297 e. The maximum absolute atomic E-state index is 11.0. The number of aldehydes is 1. The molecule has 5 rings (SSSR count). The predicted molar refractivity (Wildman–Crippen MR) is 98.6 cm³/mol. The molecule has 0 radical (unpaired) electrons. The molecule has 1 aromatic carbocycles. The molecule has 22 heavy (non-hydrogen) atoms. The number of aryl methyl sites for hydroxylation is 1. The van der Waals surface area contributed by atoms with E-state index in [9.17, 15) is 4.79 Å². The van der Waals surface area contributed by atoms with Crippen LogP contribution in [-0.2, 0) is 6.42 Å². The summed E-state index contributed by atoms with van der Waals surface area (Å²) in [6, 6.07) is 8.85. The molecule has 0 amide bonds. The summed E-state index contributed by atoms with van der Waals surface area (Å²) >= 11 is 7.27. The second-order valence-electron chi connectivity index (χ2n) is 5.42. The van der Waals surface area contributed by atoms with E-state index in [1.54, 1.807) is 11.3 Å². The first kappa shape index (κ1) is 13.3. The van der Waals surface area contributed by atoms with Gasteiger partial charge in [-0.05, 0) is 24.6 Å². The van der Waals surface area contributed by atoms with Gasteiger partial charge in [0.15, 0.2) is 6.29 Å². The normalized spacial score (nSPS) is 13.5. The molecule has 108 valence electrons. The van der Waals surface area contributed by atoms with Crippen molar-refractivity contribution in [2.45, 2.75) is 23.1 Å². The van der Waals surface area contributed by atoms with E-state index in [2.05, 4.69) is 25.1 Å². The Morgan fingerprint density at radius 3 is 2.86 bits per heavy atom. The van der Waals surface area contributed by atoms with Crippen LogP contribution in [-0.4, -0.2) is 6.29 Å². The summed E-state index contributed by atoms with van der Waals surface area (Å²) < 4.78 is 3.89. The van der Waals surface area contributed by atoms with Crippen molar-refractivity contribution in [1.82, 2.24) is 0 Å². The van der Waals surface area contributed by atoms with Crippen LogP contribution in [0.15, 0.2) is 34.1 Å². The third-order valence-electron chi connectivity index (χ3n) is 3.94. The topological polar surface area (TPSA) is 17.1 Å². The second kappa shape index (κ2) is 4.68. The van der Waals surface area contributed by atoms with Crippen LogP contribution >= 0.6 is 45.8 Å². The number of hydrogen-bond acceptors (Lipinski definition) is 5. The van der Waals surface area contributed by atoms with Crippen LogP contribution in [0.4, 0.5) is 0 Å². The zero-order chi connectivity index (χ0) is 14.8. The molecule has 0 bridgehead atoms. The van der Waals surface area contributed by atoms with E-state index in [0.29, 0.717) is 0 Å². The fourth-order valence-electron chi connectivity index (χ4n) is 2.99. The molecule has 1 aliphatic heterocycles. The standard InChI is InChI=1S/C17H10OS4/c1-8-4-12-13(19-8)5-9-2-3-11-16-14(6-10(7-18)20-16)22-17(11)15(9)21-12/h2-4,6-7H,5H2,1H3. The lowest BCUT2D eigenvalue weighted by Gasteiger charge is -2.16. The number of carbonyl (C=O) groups excluding carboxylic acids is 1. The molecule has 1 aliphatic rings. The van der Waals surface area contributed by atoms with Gasteiger partial charge in [0.25, 0.3) is 0 Å². The Balaban J connectivity index is 1.77.